The second-order valence-electron chi connectivity index (χ2n) is 19.8. The lowest BCUT2D eigenvalue weighted by atomic mass is 9.85. The maximum Gasteiger partial charge on any atom is 0.364 e. The van der Waals surface area contributed by atoms with Crippen molar-refractivity contribution >= 4 is 46.2 Å². The van der Waals surface area contributed by atoms with E-state index in [1.54, 1.807) is 12.1 Å². The van der Waals surface area contributed by atoms with Gasteiger partial charge in [-0.25, -0.2) is 4.39 Å². The van der Waals surface area contributed by atoms with E-state index in [0.717, 1.165) is 89.1 Å². The molecule has 1 atom stereocenters. The molecule has 0 amide bonds. The minimum atomic E-state index is -2.05. The molecule has 3 aromatic heterocycles. The minimum absolute atomic E-state index is 0.272. The predicted molar refractivity (Wildman–Crippen MR) is 285 cm³/mol. The number of hydrogen-bond donors (Lipinski definition) is 0. The van der Waals surface area contributed by atoms with Crippen molar-refractivity contribution in [3.8, 4) is 72.8 Å². The molecule has 332 valence electrons. The zero-order valence-corrected chi connectivity index (χ0v) is 40.0. The monoisotopic (exact) mass is 919 g/mol. The zero-order chi connectivity index (χ0) is 46.9. The maximum absolute atomic E-state index is 15.0. The molecule has 0 saturated heterocycles. The Bertz CT molecular complexity index is 4080. The molecule has 2 aliphatic rings. The third-order valence-corrected chi connectivity index (χ3v) is 16.9. The summed E-state index contributed by atoms with van der Waals surface area (Å²) in [5.74, 6) is 0.754. The topological polar surface area (TPSA) is 25.8 Å². The molecule has 4 nitrogen and oxygen atoms in total. The van der Waals surface area contributed by atoms with Crippen molar-refractivity contribution in [2.75, 3.05) is 0 Å². The highest BCUT2D eigenvalue weighted by Crippen LogP contribution is 2.55. The van der Waals surface area contributed by atoms with Gasteiger partial charge in [-0.05, 0) is 111 Å². The molecule has 2 aliphatic heterocycles. The van der Waals surface area contributed by atoms with Gasteiger partial charge in [0.2, 0.25) is 5.69 Å². The molecule has 1 spiro atoms. The molecule has 6 heteroatoms. The van der Waals surface area contributed by atoms with Crippen molar-refractivity contribution in [2.45, 2.75) is 25.3 Å². The van der Waals surface area contributed by atoms with Gasteiger partial charge in [-0.1, -0.05) is 165 Å². The molecular formula is C64H46FN3OSi+2. The average Bonchev–Trinajstić information content (AvgIpc) is 4.13. The number of halogens is 1. The molecule has 0 fully saturated rings. The van der Waals surface area contributed by atoms with Crippen LogP contribution >= 0.6 is 0 Å². The number of imidazole rings is 1. The Balaban J connectivity index is 1.18. The molecule has 1 unspecified atom stereocenters. The van der Waals surface area contributed by atoms with Crippen LogP contribution in [0.4, 0.5) is 4.39 Å². The second kappa shape index (κ2) is 15.0. The number of pyridine rings is 1. The quantitative estimate of drug-likeness (QED) is 0.121. The van der Waals surface area contributed by atoms with Crippen molar-refractivity contribution in [1.29, 1.82) is 0 Å². The van der Waals surface area contributed by atoms with Crippen molar-refractivity contribution in [1.82, 2.24) is 4.57 Å². The van der Waals surface area contributed by atoms with Crippen molar-refractivity contribution in [2.24, 2.45) is 0 Å². The number of nitrogens with zero attached hydrogens (tertiary/aromatic N) is 3. The van der Waals surface area contributed by atoms with Crippen LogP contribution in [0.2, 0.25) is 19.6 Å². The van der Waals surface area contributed by atoms with E-state index in [9.17, 15) is 4.39 Å². The van der Waals surface area contributed by atoms with Crippen LogP contribution in [0.25, 0.3) is 106 Å². The van der Waals surface area contributed by atoms with E-state index in [1.807, 2.05) is 18.2 Å². The van der Waals surface area contributed by atoms with Gasteiger partial charge in [0.05, 0.1) is 24.8 Å². The summed E-state index contributed by atoms with van der Waals surface area (Å²) in [6.45, 7) is 7.37. The third-order valence-electron chi connectivity index (χ3n) is 14.9. The summed E-state index contributed by atoms with van der Waals surface area (Å²) >= 11 is 0. The largest absolute Gasteiger partial charge is 0.455 e. The van der Waals surface area contributed by atoms with Crippen LogP contribution in [-0.2, 0) is 5.66 Å². The number of para-hydroxylation sites is 2. The molecule has 0 bridgehead atoms. The molecule has 12 aromatic rings. The van der Waals surface area contributed by atoms with Gasteiger partial charge in [0, 0.05) is 22.0 Å². The highest BCUT2D eigenvalue weighted by molar-refractivity contribution is 6.89. The number of benzene rings is 9. The van der Waals surface area contributed by atoms with E-state index < -0.39 is 13.7 Å². The second-order valence-corrected chi connectivity index (χ2v) is 24.9. The first-order valence-corrected chi connectivity index (χ1v) is 27.6. The summed E-state index contributed by atoms with van der Waals surface area (Å²) in [7, 11) is -2.05. The van der Waals surface area contributed by atoms with Gasteiger partial charge in [-0.15, -0.1) is 9.13 Å². The van der Waals surface area contributed by atoms with Crippen LogP contribution < -0.4 is 14.3 Å². The number of hydrogen-bond acceptors (Lipinski definition) is 1. The van der Waals surface area contributed by atoms with Gasteiger partial charge >= 0.3 is 11.5 Å². The van der Waals surface area contributed by atoms with Crippen LogP contribution in [0.1, 0.15) is 11.1 Å². The molecule has 0 aliphatic carbocycles. The normalized spacial score (nSPS) is 14.6. The van der Waals surface area contributed by atoms with E-state index in [2.05, 4.69) is 228 Å². The molecule has 0 saturated carbocycles. The third kappa shape index (κ3) is 5.74. The van der Waals surface area contributed by atoms with Crippen LogP contribution in [0, 0.1) is 5.82 Å². The highest BCUT2D eigenvalue weighted by Gasteiger charge is 2.67. The van der Waals surface area contributed by atoms with E-state index in [4.69, 9.17) is 4.42 Å². The smallest absolute Gasteiger partial charge is 0.364 e. The van der Waals surface area contributed by atoms with Crippen molar-refractivity contribution in [3.05, 3.63) is 242 Å². The lowest BCUT2D eigenvalue weighted by molar-refractivity contribution is -0.944. The molecule has 14 rings (SSSR count). The van der Waals surface area contributed by atoms with Gasteiger partial charge in [0.25, 0.3) is 0 Å². The van der Waals surface area contributed by atoms with Crippen molar-refractivity contribution < 1.29 is 17.9 Å². The Morgan fingerprint density at radius 2 is 1.10 bits per heavy atom. The first kappa shape index (κ1) is 40.6. The molecule has 9 aromatic carbocycles. The predicted octanol–water partition coefficient (Wildman–Crippen LogP) is 14.7. The molecule has 5 heterocycles. The lowest BCUT2D eigenvalue weighted by Gasteiger charge is -2.24. The molecule has 70 heavy (non-hydrogen) atoms. The fraction of sp³-hybridized carbons (Fsp3) is 0.0625. The molecule has 0 N–H and O–H groups in total. The van der Waals surface area contributed by atoms with Gasteiger partial charge in [-0.3, -0.25) is 0 Å². The first-order chi connectivity index (χ1) is 34.3. The van der Waals surface area contributed by atoms with E-state index in [-0.39, 0.29) is 5.82 Å². The van der Waals surface area contributed by atoms with E-state index >= 15 is 0 Å². The van der Waals surface area contributed by atoms with Gasteiger partial charge < -0.3 is 4.42 Å². The van der Waals surface area contributed by atoms with Gasteiger partial charge in [0.15, 0.2) is 22.8 Å². The number of aromatic nitrogens is 3. The highest BCUT2D eigenvalue weighted by atomic mass is 28.3. The Kier molecular flexibility index (Phi) is 8.71. The van der Waals surface area contributed by atoms with Crippen molar-refractivity contribution in [3.63, 3.8) is 0 Å². The first-order valence-electron chi connectivity index (χ1n) is 24.1. The summed E-state index contributed by atoms with van der Waals surface area (Å²) < 4.78 is 30.1. The molecular weight excluding hydrogens is 874 g/mol. The van der Waals surface area contributed by atoms with Gasteiger partial charge in [0.1, 0.15) is 22.7 Å². The standard InChI is InChI=1S/C64H46FN3OSi/c1-70(2,3)59-40-66-57(39-51(59)44-21-11-6-12-22-44)49-23-13-14-24-53(49)64(66)54-38-52(45-27-32-47(65)33-28-45)60-50-36-31-46(42-19-9-5-10-20-42)37-58(50)69-62(60)61(54)63-67(55-25-15-16-26-56(55)68(63)64)48-34-29-43(30-35-48)41-17-7-4-8-18-41/h4-40H,1-3H3/q+2. The maximum atomic E-state index is 15.0. The van der Waals surface area contributed by atoms with Crippen LogP contribution in [0.15, 0.2) is 229 Å². The lowest BCUT2D eigenvalue weighted by Crippen LogP contribution is -2.72. The molecule has 0 radical (unpaired) electrons. The van der Waals surface area contributed by atoms with Gasteiger partial charge in [-0.2, -0.15) is 4.57 Å². The summed E-state index contributed by atoms with van der Waals surface area (Å²) in [6.07, 6.45) is 2.50. The summed E-state index contributed by atoms with van der Waals surface area (Å²) in [5.41, 5.74) is 18.5. The van der Waals surface area contributed by atoms with Crippen LogP contribution in [0.5, 0.6) is 0 Å². The minimum Gasteiger partial charge on any atom is -0.455 e. The van der Waals surface area contributed by atoms with E-state index in [1.165, 1.54) is 33.0 Å². The fourth-order valence-corrected chi connectivity index (χ4v) is 13.3. The average molecular weight is 920 g/mol. The Hall–Kier alpha value is -8.45. The number of fused-ring (bicyclic) bond motifs is 16. The Labute approximate surface area is 406 Å². The van der Waals surface area contributed by atoms with Crippen LogP contribution in [0.3, 0.4) is 0 Å². The number of rotatable bonds is 6. The fourth-order valence-electron chi connectivity index (χ4n) is 11.8. The van der Waals surface area contributed by atoms with E-state index in [0.29, 0.717) is 0 Å². The Morgan fingerprint density at radius 1 is 0.514 bits per heavy atom. The van der Waals surface area contributed by atoms with Crippen LogP contribution in [-0.4, -0.2) is 12.6 Å². The Morgan fingerprint density at radius 3 is 1.81 bits per heavy atom. The number of furan rings is 1. The zero-order valence-electron chi connectivity index (χ0n) is 39.0. The summed E-state index contributed by atoms with van der Waals surface area (Å²) in [4.78, 5) is 0. The SMILES string of the molecule is C[Si](C)(C)c1c[n+]2c(cc1-c1ccccc1)-c1ccccc1C21c2cc(-c3ccc(F)cc3)c3c(oc4cc(-c5ccccc5)ccc43)c2-c2n(-c3ccc(-c4ccccc4)cc3)c3ccccc3[n+]21. The summed E-state index contributed by atoms with van der Waals surface area (Å²) in [5, 5.41) is 3.38. The summed E-state index contributed by atoms with van der Waals surface area (Å²) in [6, 6.07) is 77.2.